The summed E-state index contributed by atoms with van der Waals surface area (Å²) < 4.78 is 13.8. The van der Waals surface area contributed by atoms with Gasteiger partial charge in [-0.2, -0.15) is 0 Å². The number of hydrogen-bond acceptors (Lipinski definition) is 3. The number of anilines is 1. The quantitative estimate of drug-likeness (QED) is 0.820. The summed E-state index contributed by atoms with van der Waals surface area (Å²) in [5, 5.41) is 10.5. The molecule has 2 rings (SSSR count). The third-order valence-electron chi connectivity index (χ3n) is 3.01. The van der Waals surface area contributed by atoms with Crippen molar-refractivity contribution in [3.05, 3.63) is 58.0 Å². The molecule has 110 valence electrons. The molecule has 1 aromatic heterocycles. The molecular weight excluding hydrogens is 289 g/mol. The van der Waals surface area contributed by atoms with Gasteiger partial charge in [0.2, 0.25) is 0 Å². The van der Waals surface area contributed by atoms with Crippen LogP contribution in [-0.4, -0.2) is 17.6 Å². The molecule has 5 heteroatoms. The zero-order valence-electron chi connectivity index (χ0n) is 11.6. The highest BCUT2D eigenvalue weighted by molar-refractivity contribution is 7.10. The van der Waals surface area contributed by atoms with E-state index in [0.717, 1.165) is 16.5 Å². The highest BCUT2D eigenvalue weighted by Gasteiger charge is 2.10. The van der Waals surface area contributed by atoms with Gasteiger partial charge in [0.1, 0.15) is 5.82 Å². The van der Waals surface area contributed by atoms with Crippen molar-refractivity contribution in [1.82, 2.24) is 0 Å². The van der Waals surface area contributed by atoms with Crippen LogP contribution in [0.2, 0.25) is 0 Å². The lowest BCUT2D eigenvalue weighted by molar-refractivity contribution is -0.131. The largest absolute Gasteiger partial charge is 0.478 e. The van der Waals surface area contributed by atoms with E-state index < -0.39 is 5.97 Å². The lowest BCUT2D eigenvalue weighted by Gasteiger charge is -2.22. The highest BCUT2D eigenvalue weighted by Crippen LogP contribution is 2.24. The average Bonchev–Trinajstić information content (AvgIpc) is 2.91. The summed E-state index contributed by atoms with van der Waals surface area (Å²) in [6.07, 6.45) is 2.67. The van der Waals surface area contributed by atoms with Crippen LogP contribution in [-0.2, 0) is 11.3 Å². The van der Waals surface area contributed by atoms with Gasteiger partial charge in [-0.25, -0.2) is 9.18 Å². The maximum Gasteiger partial charge on any atom is 0.328 e. The highest BCUT2D eigenvalue weighted by atomic mass is 32.1. The van der Waals surface area contributed by atoms with Crippen LogP contribution in [0.1, 0.15) is 17.4 Å². The van der Waals surface area contributed by atoms with Gasteiger partial charge in [0, 0.05) is 17.5 Å². The number of carboxylic acid groups (broad SMARTS) is 1. The standard InChI is InChI=1S/C16H16FNO2S/c1-2-18(15-6-4-3-5-14(15)17)10-13-9-12(11-21-13)7-8-16(19)20/h3-9,11H,2,10H2,1H3,(H,19,20). The Hall–Kier alpha value is -2.14. The molecule has 0 bridgehead atoms. The molecule has 1 N–H and O–H groups in total. The summed E-state index contributed by atoms with van der Waals surface area (Å²) in [7, 11) is 0. The second kappa shape index (κ2) is 7.04. The van der Waals surface area contributed by atoms with Crippen molar-refractivity contribution in [1.29, 1.82) is 0 Å². The van der Waals surface area contributed by atoms with Crippen LogP contribution in [0.5, 0.6) is 0 Å². The Morgan fingerprint density at radius 1 is 1.43 bits per heavy atom. The van der Waals surface area contributed by atoms with Crippen molar-refractivity contribution < 1.29 is 14.3 Å². The molecule has 0 radical (unpaired) electrons. The normalized spacial score (nSPS) is 11.0. The first-order valence-corrected chi connectivity index (χ1v) is 7.46. The van der Waals surface area contributed by atoms with Gasteiger partial charge in [-0.1, -0.05) is 12.1 Å². The average molecular weight is 305 g/mol. The monoisotopic (exact) mass is 305 g/mol. The van der Waals surface area contributed by atoms with E-state index in [4.69, 9.17) is 5.11 Å². The van der Waals surface area contributed by atoms with Crippen LogP contribution in [0.15, 0.2) is 41.8 Å². The minimum absolute atomic E-state index is 0.234. The number of para-hydroxylation sites is 1. The summed E-state index contributed by atoms with van der Waals surface area (Å²) in [6, 6.07) is 8.63. The Morgan fingerprint density at radius 3 is 2.86 bits per heavy atom. The molecule has 1 aromatic carbocycles. The fourth-order valence-electron chi connectivity index (χ4n) is 2.00. The Labute approximate surface area is 127 Å². The number of nitrogens with zero attached hydrogens (tertiary/aromatic N) is 1. The fraction of sp³-hybridized carbons (Fsp3) is 0.188. The minimum atomic E-state index is -0.968. The van der Waals surface area contributed by atoms with Gasteiger partial charge in [0.15, 0.2) is 0 Å². The molecule has 1 heterocycles. The smallest absolute Gasteiger partial charge is 0.328 e. The minimum Gasteiger partial charge on any atom is -0.478 e. The molecule has 0 spiro atoms. The first-order chi connectivity index (χ1) is 10.1. The zero-order chi connectivity index (χ0) is 15.2. The van der Waals surface area contributed by atoms with Crippen molar-refractivity contribution >= 4 is 29.1 Å². The molecule has 21 heavy (non-hydrogen) atoms. The molecule has 0 amide bonds. The molecule has 0 saturated carbocycles. The SMILES string of the molecule is CCN(Cc1cc(C=CC(=O)O)cs1)c1ccccc1F. The van der Waals surface area contributed by atoms with Gasteiger partial charge in [-0.05, 0) is 42.1 Å². The third-order valence-corrected chi connectivity index (χ3v) is 3.95. The molecule has 0 atom stereocenters. The first-order valence-electron chi connectivity index (χ1n) is 6.58. The van der Waals surface area contributed by atoms with E-state index in [1.807, 2.05) is 29.3 Å². The van der Waals surface area contributed by atoms with Gasteiger partial charge in [0.25, 0.3) is 0 Å². The van der Waals surface area contributed by atoms with Gasteiger partial charge >= 0.3 is 5.97 Å². The Bertz CT molecular complexity index is 651. The third kappa shape index (κ3) is 4.16. The Kier molecular flexibility index (Phi) is 5.11. The van der Waals surface area contributed by atoms with E-state index >= 15 is 0 Å². The molecule has 0 unspecified atom stereocenters. The molecule has 0 aliphatic heterocycles. The van der Waals surface area contributed by atoms with Crippen LogP contribution in [0.4, 0.5) is 10.1 Å². The first kappa shape index (κ1) is 15.3. The second-order valence-electron chi connectivity index (χ2n) is 4.48. The predicted octanol–water partition coefficient (Wildman–Crippen LogP) is 4.01. The number of rotatable bonds is 6. The van der Waals surface area contributed by atoms with E-state index in [2.05, 4.69) is 0 Å². The maximum atomic E-state index is 13.8. The topological polar surface area (TPSA) is 40.5 Å². The van der Waals surface area contributed by atoms with Crippen molar-refractivity contribution in [2.24, 2.45) is 0 Å². The van der Waals surface area contributed by atoms with Crippen LogP contribution < -0.4 is 4.90 Å². The van der Waals surface area contributed by atoms with E-state index in [9.17, 15) is 9.18 Å². The van der Waals surface area contributed by atoms with Gasteiger partial charge in [-0.15, -0.1) is 11.3 Å². The number of thiophene rings is 1. The number of halogens is 1. The molecule has 0 saturated heterocycles. The summed E-state index contributed by atoms with van der Waals surface area (Å²) >= 11 is 1.54. The molecular formula is C16H16FNO2S. The number of benzene rings is 1. The summed E-state index contributed by atoms with van der Waals surface area (Å²) in [6.45, 7) is 3.27. The Balaban J connectivity index is 2.13. The summed E-state index contributed by atoms with van der Waals surface area (Å²) in [5.74, 6) is -1.20. The Morgan fingerprint density at radius 2 is 2.19 bits per heavy atom. The summed E-state index contributed by atoms with van der Waals surface area (Å²) in [4.78, 5) is 13.5. The van der Waals surface area contributed by atoms with Gasteiger partial charge in [-0.3, -0.25) is 0 Å². The number of hydrogen-bond donors (Lipinski definition) is 1. The van der Waals surface area contributed by atoms with Crippen molar-refractivity contribution in [2.75, 3.05) is 11.4 Å². The fourth-order valence-corrected chi connectivity index (χ4v) is 2.87. The van der Waals surface area contributed by atoms with Gasteiger partial charge in [0.05, 0.1) is 12.2 Å². The van der Waals surface area contributed by atoms with E-state index in [-0.39, 0.29) is 5.82 Å². The molecule has 2 aromatic rings. The zero-order valence-corrected chi connectivity index (χ0v) is 12.4. The number of carboxylic acids is 1. The number of carbonyl (C=O) groups is 1. The van der Waals surface area contributed by atoms with Crippen LogP contribution >= 0.6 is 11.3 Å². The van der Waals surface area contributed by atoms with Crippen molar-refractivity contribution in [3.63, 3.8) is 0 Å². The van der Waals surface area contributed by atoms with Crippen LogP contribution in [0, 0.1) is 5.82 Å². The maximum absolute atomic E-state index is 13.8. The molecule has 0 fully saturated rings. The van der Waals surface area contributed by atoms with E-state index in [1.165, 1.54) is 17.4 Å². The van der Waals surface area contributed by atoms with Crippen molar-refractivity contribution in [3.8, 4) is 0 Å². The molecule has 0 aliphatic rings. The van der Waals surface area contributed by atoms with Crippen LogP contribution in [0.25, 0.3) is 6.08 Å². The van der Waals surface area contributed by atoms with Crippen LogP contribution in [0.3, 0.4) is 0 Å². The van der Waals surface area contributed by atoms with Gasteiger partial charge < -0.3 is 10.0 Å². The second-order valence-corrected chi connectivity index (χ2v) is 5.48. The lowest BCUT2D eigenvalue weighted by Crippen LogP contribution is -2.22. The van der Waals surface area contributed by atoms with E-state index in [1.54, 1.807) is 18.2 Å². The lowest BCUT2D eigenvalue weighted by atomic mass is 10.2. The number of aliphatic carboxylic acids is 1. The summed E-state index contributed by atoms with van der Waals surface area (Å²) in [5.41, 5.74) is 1.43. The molecule has 3 nitrogen and oxygen atoms in total. The van der Waals surface area contributed by atoms with Crippen molar-refractivity contribution in [2.45, 2.75) is 13.5 Å². The predicted molar refractivity (Wildman–Crippen MR) is 84.1 cm³/mol. The van der Waals surface area contributed by atoms with E-state index in [0.29, 0.717) is 18.8 Å². The molecule has 0 aliphatic carbocycles.